The van der Waals surface area contributed by atoms with Crippen molar-refractivity contribution in [3.8, 4) is 17.2 Å². The van der Waals surface area contributed by atoms with Gasteiger partial charge in [0.15, 0.2) is 6.10 Å². The van der Waals surface area contributed by atoms with E-state index in [4.69, 9.17) is 9.47 Å². The highest BCUT2D eigenvalue weighted by Crippen LogP contribution is 2.23. The SMILES string of the molecule is CCC(Oc1ccccc1C)C(=O)Nc1ccc(Oc2ccccc2)cc1. The molecule has 0 aliphatic carbocycles. The van der Waals surface area contributed by atoms with E-state index < -0.39 is 6.10 Å². The molecule has 0 spiro atoms. The van der Waals surface area contributed by atoms with E-state index in [0.717, 1.165) is 17.1 Å². The third kappa shape index (κ3) is 5.11. The number of amides is 1. The maximum Gasteiger partial charge on any atom is 0.265 e. The van der Waals surface area contributed by atoms with E-state index in [2.05, 4.69) is 5.32 Å². The van der Waals surface area contributed by atoms with E-state index in [-0.39, 0.29) is 5.91 Å². The van der Waals surface area contributed by atoms with Crippen molar-refractivity contribution in [2.75, 3.05) is 5.32 Å². The van der Waals surface area contributed by atoms with Crippen molar-refractivity contribution >= 4 is 11.6 Å². The Kier molecular flexibility index (Phi) is 6.10. The third-order valence-electron chi connectivity index (χ3n) is 4.13. The van der Waals surface area contributed by atoms with Crippen LogP contribution >= 0.6 is 0 Å². The molecule has 27 heavy (non-hydrogen) atoms. The molecule has 1 atom stereocenters. The minimum Gasteiger partial charge on any atom is -0.480 e. The number of ether oxygens (including phenoxy) is 2. The van der Waals surface area contributed by atoms with E-state index in [1.807, 2.05) is 92.7 Å². The summed E-state index contributed by atoms with van der Waals surface area (Å²) in [6.45, 7) is 3.89. The Balaban J connectivity index is 1.61. The average molecular weight is 361 g/mol. The first-order valence-corrected chi connectivity index (χ1v) is 9.02. The van der Waals surface area contributed by atoms with Crippen LogP contribution < -0.4 is 14.8 Å². The highest BCUT2D eigenvalue weighted by Gasteiger charge is 2.19. The summed E-state index contributed by atoms with van der Waals surface area (Å²) >= 11 is 0. The van der Waals surface area contributed by atoms with E-state index in [0.29, 0.717) is 17.9 Å². The number of carbonyl (C=O) groups excluding carboxylic acids is 1. The first-order chi connectivity index (χ1) is 13.2. The minimum absolute atomic E-state index is 0.169. The van der Waals surface area contributed by atoms with Crippen LogP contribution in [0.5, 0.6) is 17.2 Å². The molecule has 138 valence electrons. The first-order valence-electron chi connectivity index (χ1n) is 9.02. The number of hydrogen-bond acceptors (Lipinski definition) is 3. The summed E-state index contributed by atoms with van der Waals surface area (Å²) in [5, 5.41) is 2.90. The molecule has 0 fully saturated rings. The molecule has 3 aromatic rings. The Labute approximate surface area is 159 Å². The minimum atomic E-state index is -0.550. The van der Waals surface area contributed by atoms with Gasteiger partial charge in [0.25, 0.3) is 5.91 Å². The van der Waals surface area contributed by atoms with Gasteiger partial charge in [-0.3, -0.25) is 4.79 Å². The van der Waals surface area contributed by atoms with E-state index >= 15 is 0 Å². The normalized spacial score (nSPS) is 11.5. The number of nitrogens with one attached hydrogen (secondary N) is 1. The number of rotatable bonds is 7. The lowest BCUT2D eigenvalue weighted by Crippen LogP contribution is -2.32. The second-order valence-corrected chi connectivity index (χ2v) is 6.21. The second-order valence-electron chi connectivity index (χ2n) is 6.21. The van der Waals surface area contributed by atoms with Crippen molar-refractivity contribution < 1.29 is 14.3 Å². The number of benzene rings is 3. The van der Waals surface area contributed by atoms with Crippen molar-refractivity contribution in [1.82, 2.24) is 0 Å². The summed E-state index contributed by atoms with van der Waals surface area (Å²) in [4.78, 5) is 12.6. The van der Waals surface area contributed by atoms with Gasteiger partial charge in [-0.05, 0) is 61.4 Å². The lowest BCUT2D eigenvalue weighted by atomic mass is 10.2. The maximum absolute atomic E-state index is 12.6. The van der Waals surface area contributed by atoms with Crippen molar-refractivity contribution in [1.29, 1.82) is 0 Å². The first kappa shape index (κ1) is 18.5. The van der Waals surface area contributed by atoms with Gasteiger partial charge in [0.2, 0.25) is 0 Å². The Morgan fingerprint density at radius 3 is 2.19 bits per heavy atom. The summed E-state index contributed by atoms with van der Waals surface area (Å²) in [7, 11) is 0. The molecule has 1 N–H and O–H groups in total. The van der Waals surface area contributed by atoms with Gasteiger partial charge in [0, 0.05) is 5.69 Å². The standard InChI is InChI=1S/C23H23NO3/c1-3-21(27-22-12-8-7-9-17(22)2)23(25)24-18-13-15-20(16-14-18)26-19-10-5-4-6-11-19/h4-16,21H,3H2,1-2H3,(H,24,25). The molecule has 0 aliphatic rings. The van der Waals surface area contributed by atoms with Crippen molar-refractivity contribution in [3.63, 3.8) is 0 Å². The van der Waals surface area contributed by atoms with Gasteiger partial charge in [-0.1, -0.05) is 43.3 Å². The van der Waals surface area contributed by atoms with Gasteiger partial charge in [-0.15, -0.1) is 0 Å². The molecule has 1 amide bonds. The predicted octanol–water partition coefficient (Wildman–Crippen LogP) is 5.58. The zero-order valence-corrected chi connectivity index (χ0v) is 15.5. The molecule has 0 saturated carbocycles. The van der Waals surface area contributed by atoms with Gasteiger partial charge in [0.1, 0.15) is 17.2 Å². The monoisotopic (exact) mass is 361 g/mol. The molecule has 0 aromatic heterocycles. The molecule has 1 unspecified atom stereocenters. The molecular weight excluding hydrogens is 338 g/mol. The highest BCUT2D eigenvalue weighted by molar-refractivity contribution is 5.94. The van der Waals surface area contributed by atoms with E-state index in [9.17, 15) is 4.79 Å². The summed E-state index contributed by atoms with van der Waals surface area (Å²) in [5.41, 5.74) is 1.71. The lowest BCUT2D eigenvalue weighted by Gasteiger charge is -2.18. The van der Waals surface area contributed by atoms with Crippen molar-refractivity contribution in [2.24, 2.45) is 0 Å². The van der Waals surface area contributed by atoms with Crippen LogP contribution in [0.1, 0.15) is 18.9 Å². The fourth-order valence-electron chi connectivity index (χ4n) is 2.62. The van der Waals surface area contributed by atoms with Crippen LogP contribution in [0.15, 0.2) is 78.9 Å². The van der Waals surface area contributed by atoms with Gasteiger partial charge in [-0.25, -0.2) is 0 Å². The van der Waals surface area contributed by atoms with Crippen LogP contribution in [-0.4, -0.2) is 12.0 Å². The van der Waals surface area contributed by atoms with Crippen molar-refractivity contribution in [2.45, 2.75) is 26.4 Å². The molecule has 4 heteroatoms. The van der Waals surface area contributed by atoms with Crippen LogP contribution in [0.3, 0.4) is 0 Å². The second kappa shape index (κ2) is 8.90. The maximum atomic E-state index is 12.6. The number of anilines is 1. The Morgan fingerprint density at radius 1 is 0.889 bits per heavy atom. The number of aryl methyl sites for hydroxylation is 1. The van der Waals surface area contributed by atoms with Gasteiger partial charge >= 0.3 is 0 Å². The summed E-state index contributed by atoms with van der Waals surface area (Å²) < 4.78 is 11.7. The molecule has 3 aromatic carbocycles. The molecular formula is C23H23NO3. The fourth-order valence-corrected chi connectivity index (χ4v) is 2.62. The van der Waals surface area contributed by atoms with Crippen molar-refractivity contribution in [3.05, 3.63) is 84.4 Å². The lowest BCUT2D eigenvalue weighted by molar-refractivity contribution is -0.122. The topological polar surface area (TPSA) is 47.6 Å². The molecule has 0 saturated heterocycles. The van der Waals surface area contributed by atoms with E-state index in [1.165, 1.54) is 0 Å². The number of carbonyl (C=O) groups is 1. The molecule has 0 heterocycles. The zero-order valence-electron chi connectivity index (χ0n) is 15.5. The Bertz CT molecular complexity index is 876. The average Bonchev–Trinajstić information content (AvgIpc) is 2.69. The Morgan fingerprint density at radius 2 is 1.52 bits per heavy atom. The van der Waals surface area contributed by atoms with Gasteiger partial charge < -0.3 is 14.8 Å². The summed E-state index contributed by atoms with van der Waals surface area (Å²) in [6.07, 6.45) is 0.0291. The Hall–Kier alpha value is -3.27. The number of hydrogen-bond donors (Lipinski definition) is 1. The summed E-state index contributed by atoms with van der Waals surface area (Å²) in [6, 6.07) is 24.5. The molecule has 0 radical (unpaired) electrons. The molecule has 4 nitrogen and oxygen atoms in total. The molecule has 0 aliphatic heterocycles. The van der Waals surface area contributed by atoms with Crippen LogP contribution in [0.2, 0.25) is 0 Å². The van der Waals surface area contributed by atoms with Gasteiger partial charge in [0.05, 0.1) is 0 Å². The van der Waals surface area contributed by atoms with Crippen LogP contribution in [0, 0.1) is 6.92 Å². The quantitative estimate of drug-likeness (QED) is 0.597. The van der Waals surface area contributed by atoms with Crippen LogP contribution in [0.25, 0.3) is 0 Å². The highest BCUT2D eigenvalue weighted by atomic mass is 16.5. The molecule has 3 rings (SSSR count). The predicted molar refractivity (Wildman–Crippen MR) is 107 cm³/mol. The van der Waals surface area contributed by atoms with Crippen LogP contribution in [0.4, 0.5) is 5.69 Å². The smallest absolute Gasteiger partial charge is 0.265 e. The van der Waals surface area contributed by atoms with Crippen LogP contribution in [-0.2, 0) is 4.79 Å². The number of para-hydroxylation sites is 2. The largest absolute Gasteiger partial charge is 0.480 e. The van der Waals surface area contributed by atoms with Gasteiger partial charge in [-0.2, -0.15) is 0 Å². The fraction of sp³-hybridized carbons (Fsp3) is 0.174. The van der Waals surface area contributed by atoms with E-state index in [1.54, 1.807) is 0 Å². The zero-order chi connectivity index (χ0) is 19.1. The molecule has 0 bridgehead atoms. The third-order valence-corrected chi connectivity index (χ3v) is 4.13. The summed E-state index contributed by atoms with van der Waals surface area (Å²) in [5.74, 6) is 2.04.